The maximum absolute atomic E-state index is 13.5. The maximum Gasteiger partial charge on any atom is 0.416 e. The van der Waals surface area contributed by atoms with Crippen LogP contribution in [0, 0.1) is 12.7 Å². The van der Waals surface area contributed by atoms with E-state index in [2.05, 4.69) is 10.3 Å². The SMILES string of the molecule is Cc1c(N)nnn1-c1cc(C(F)(F)F)ccc1F. The van der Waals surface area contributed by atoms with Gasteiger partial charge in [-0.05, 0) is 25.1 Å². The highest BCUT2D eigenvalue weighted by Crippen LogP contribution is 2.31. The molecule has 0 fully saturated rings. The Morgan fingerprint density at radius 2 is 1.94 bits per heavy atom. The highest BCUT2D eigenvalue weighted by Gasteiger charge is 2.31. The number of aromatic nitrogens is 3. The number of nitrogen functional groups attached to an aromatic ring is 1. The van der Waals surface area contributed by atoms with Crippen molar-refractivity contribution in [3.63, 3.8) is 0 Å². The fourth-order valence-corrected chi connectivity index (χ4v) is 1.42. The van der Waals surface area contributed by atoms with Crippen molar-refractivity contribution in [3.8, 4) is 5.69 Å². The van der Waals surface area contributed by atoms with Crippen LogP contribution in [0.2, 0.25) is 0 Å². The summed E-state index contributed by atoms with van der Waals surface area (Å²) in [6, 6.07) is 2.06. The van der Waals surface area contributed by atoms with Crippen molar-refractivity contribution >= 4 is 5.82 Å². The van der Waals surface area contributed by atoms with Gasteiger partial charge in [0.15, 0.2) is 5.82 Å². The number of rotatable bonds is 1. The van der Waals surface area contributed by atoms with E-state index < -0.39 is 17.6 Å². The van der Waals surface area contributed by atoms with Crippen molar-refractivity contribution < 1.29 is 17.6 Å². The van der Waals surface area contributed by atoms with Crippen molar-refractivity contribution in [2.24, 2.45) is 0 Å². The Morgan fingerprint density at radius 1 is 1.28 bits per heavy atom. The zero-order valence-corrected chi connectivity index (χ0v) is 9.16. The molecule has 0 aliphatic heterocycles. The molecule has 2 aromatic rings. The number of nitrogens with two attached hydrogens (primary N) is 1. The van der Waals surface area contributed by atoms with Crippen LogP contribution in [0.15, 0.2) is 18.2 Å². The smallest absolute Gasteiger partial charge is 0.381 e. The van der Waals surface area contributed by atoms with E-state index >= 15 is 0 Å². The molecule has 8 heteroatoms. The van der Waals surface area contributed by atoms with Crippen LogP contribution in [0.1, 0.15) is 11.3 Å². The van der Waals surface area contributed by atoms with E-state index in [0.29, 0.717) is 12.1 Å². The second-order valence-corrected chi connectivity index (χ2v) is 3.64. The Bertz CT molecular complexity index is 588. The van der Waals surface area contributed by atoms with Gasteiger partial charge in [0.2, 0.25) is 0 Å². The number of hydrogen-bond donors (Lipinski definition) is 1. The summed E-state index contributed by atoms with van der Waals surface area (Å²) in [5, 5.41) is 6.97. The predicted molar refractivity (Wildman–Crippen MR) is 55.5 cm³/mol. The Hall–Kier alpha value is -2.12. The van der Waals surface area contributed by atoms with Gasteiger partial charge < -0.3 is 5.73 Å². The quantitative estimate of drug-likeness (QED) is 0.800. The molecular weight excluding hydrogens is 252 g/mol. The zero-order valence-electron chi connectivity index (χ0n) is 9.16. The maximum atomic E-state index is 13.5. The van der Waals surface area contributed by atoms with Gasteiger partial charge in [-0.15, -0.1) is 5.10 Å². The topological polar surface area (TPSA) is 56.7 Å². The molecule has 0 aliphatic rings. The molecule has 0 aliphatic carbocycles. The Morgan fingerprint density at radius 3 is 2.44 bits per heavy atom. The molecule has 0 saturated carbocycles. The minimum Gasteiger partial charge on any atom is -0.381 e. The molecule has 1 heterocycles. The summed E-state index contributed by atoms with van der Waals surface area (Å²) >= 11 is 0. The van der Waals surface area contributed by atoms with Crippen molar-refractivity contribution in [1.29, 1.82) is 0 Å². The monoisotopic (exact) mass is 260 g/mol. The summed E-state index contributed by atoms with van der Waals surface area (Å²) in [5.74, 6) is -0.803. The van der Waals surface area contributed by atoms with Crippen LogP contribution in [-0.4, -0.2) is 15.0 Å². The number of halogens is 4. The molecule has 96 valence electrons. The zero-order chi connectivity index (χ0) is 13.5. The molecule has 0 radical (unpaired) electrons. The molecule has 0 saturated heterocycles. The standard InChI is InChI=1S/C10H8F4N4/c1-5-9(15)16-17-18(5)8-4-6(10(12,13)14)2-3-7(8)11/h2-4H,15H2,1H3. The van der Waals surface area contributed by atoms with Gasteiger partial charge in [0.1, 0.15) is 11.5 Å². The Kier molecular flexibility index (Phi) is 2.72. The number of benzene rings is 1. The molecule has 2 rings (SSSR count). The Balaban J connectivity index is 2.61. The van der Waals surface area contributed by atoms with Crippen molar-refractivity contribution in [2.75, 3.05) is 5.73 Å². The molecule has 0 bridgehead atoms. The molecule has 0 amide bonds. The first-order chi connectivity index (χ1) is 8.30. The van der Waals surface area contributed by atoms with Crippen LogP contribution >= 0.6 is 0 Å². The van der Waals surface area contributed by atoms with Gasteiger partial charge in [0, 0.05) is 0 Å². The number of anilines is 1. The summed E-state index contributed by atoms with van der Waals surface area (Å²) in [5.41, 5.74) is 4.38. The molecule has 2 N–H and O–H groups in total. The van der Waals surface area contributed by atoms with Crippen molar-refractivity contribution in [2.45, 2.75) is 13.1 Å². The summed E-state index contributed by atoms with van der Waals surface area (Å²) in [7, 11) is 0. The summed E-state index contributed by atoms with van der Waals surface area (Å²) < 4.78 is 52.1. The fourth-order valence-electron chi connectivity index (χ4n) is 1.42. The van der Waals surface area contributed by atoms with Crippen LogP contribution in [0.5, 0.6) is 0 Å². The average Bonchev–Trinajstić information content (AvgIpc) is 2.59. The van der Waals surface area contributed by atoms with Gasteiger partial charge in [0.05, 0.1) is 11.3 Å². The van der Waals surface area contributed by atoms with Gasteiger partial charge in [-0.25, -0.2) is 9.07 Å². The lowest BCUT2D eigenvalue weighted by Gasteiger charge is -2.10. The lowest BCUT2D eigenvalue weighted by atomic mass is 10.2. The first kappa shape index (κ1) is 12.3. The predicted octanol–water partition coefficient (Wildman–Crippen LogP) is 2.32. The fraction of sp³-hybridized carbons (Fsp3) is 0.200. The van der Waals surface area contributed by atoms with Crippen LogP contribution in [0.25, 0.3) is 5.69 Å². The molecule has 4 nitrogen and oxygen atoms in total. The second-order valence-electron chi connectivity index (χ2n) is 3.64. The van der Waals surface area contributed by atoms with Crippen LogP contribution in [0.3, 0.4) is 0 Å². The van der Waals surface area contributed by atoms with E-state index in [4.69, 9.17) is 5.73 Å². The molecule has 1 aromatic heterocycles. The van der Waals surface area contributed by atoms with E-state index in [9.17, 15) is 17.6 Å². The van der Waals surface area contributed by atoms with E-state index in [-0.39, 0.29) is 17.2 Å². The number of alkyl halides is 3. The largest absolute Gasteiger partial charge is 0.416 e. The average molecular weight is 260 g/mol. The normalized spacial score (nSPS) is 11.8. The van der Waals surface area contributed by atoms with E-state index in [1.165, 1.54) is 6.92 Å². The molecule has 0 atom stereocenters. The molecule has 18 heavy (non-hydrogen) atoms. The molecule has 0 unspecified atom stereocenters. The lowest BCUT2D eigenvalue weighted by Crippen LogP contribution is -2.09. The third-order valence-corrected chi connectivity index (χ3v) is 2.43. The number of hydrogen-bond acceptors (Lipinski definition) is 3. The Labute approximate surface area is 99.0 Å². The second kappa shape index (κ2) is 3.97. The van der Waals surface area contributed by atoms with Crippen LogP contribution < -0.4 is 5.73 Å². The molecule has 1 aromatic carbocycles. The highest BCUT2D eigenvalue weighted by molar-refractivity contribution is 5.43. The number of nitrogens with zero attached hydrogens (tertiary/aromatic N) is 3. The van der Waals surface area contributed by atoms with Gasteiger partial charge >= 0.3 is 6.18 Å². The summed E-state index contributed by atoms with van der Waals surface area (Å²) in [6.07, 6.45) is -4.55. The molecule has 0 spiro atoms. The van der Waals surface area contributed by atoms with Gasteiger partial charge in [-0.3, -0.25) is 0 Å². The first-order valence-electron chi connectivity index (χ1n) is 4.85. The molecular formula is C10H8F4N4. The van der Waals surface area contributed by atoms with E-state index in [0.717, 1.165) is 10.7 Å². The van der Waals surface area contributed by atoms with Gasteiger partial charge in [0.25, 0.3) is 0 Å². The van der Waals surface area contributed by atoms with E-state index in [1.807, 2.05) is 0 Å². The van der Waals surface area contributed by atoms with Gasteiger partial charge in [-0.1, -0.05) is 5.21 Å². The summed E-state index contributed by atoms with van der Waals surface area (Å²) in [6.45, 7) is 1.48. The summed E-state index contributed by atoms with van der Waals surface area (Å²) in [4.78, 5) is 0. The van der Waals surface area contributed by atoms with Crippen LogP contribution in [0.4, 0.5) is 23.4 Å². The third-order valence-electron chi connectivity index (χ3n) is 2.43. The van der Waals surface area contributed by atoms with Crippen LogP contribution in [-0.2, 0) is 6.18 Å². The third kappa shape index (κ3) is 2.01. The van der Waals surface area contributed by atoms with Gasteiger partial charge in [-0.2, -0.15) is 13.2 Å². The minimum absolute atomic E-state index is 0.0341. The first-order valence-corrected chi connectivity index (χ1v) is 4.85. The van der Waals surface area contributed by atoms with Crippen molar-refractivity contribution in [3.05, 3.63) is 35.3 Å². The highest BCUT2D eigenvalue weighted by atomic mass is 19.4. The minimum atomic E-state index is -4.55. The van der Waals surface area contributed by atoms with E-state index in [1.54, 1.807) is 0 Å². The van der Waals surface area contributed by atoms with Crippen molar-refractivity contribution in [1.82, 2.24) is 15.0 Å². The lowest BCUT2D eigenvalue weighted by molar-refractivity contribution is -0.137.